The number of fused-ring (bicyclic) bond motifs is 1. The molecule has 0 aliphatic carbocycles. The summed E-state index contributed by atoms with van der Waals surface area (Å²) in [5.41, 5.74) is 1.05. The number of halogens is 1. The minimum Gasteiger partial charge on any atom is -0.426 e. The van der Waals surface area contributed by atoms with Gasteiger partial charge in [0.2, 0.25) is 0 Å². The second-order valence-corrected chi connectivity index (χ2v) is 3.16. The van der Waals surface area contributed by atoms with Crippen molar-refractivity contribution >= 4 is 17.6 Å². The summed E-state index contributed by atoms with van der Waals surface area (Å²) in [4.78, 5) is 10.9. The van der Waals surface area contributed by atoms with E-state index in [1.54, 1.807) is 12.1 Å². The molecule has 0 saturated carbocycles. The molecule has 1 aliphatic rings. The molecule has 12 heavy (non-hydrogen) atoms. The topological polar surface area (TPSA) is 26.3 Å². The highest BCUT2D eigenvalue weighted by Crippen LogP contribution is 2.27. The van der Waals surface area contributed by atoms with Gasteiger partial charge in [0.05, 0.1) is 6.42 Å². The van der Waals surface area contributed by atoms with Crippen molar-refractivity contribution in [2.45, 2.75) is 12.8 Å². The van der Waals surface area contributed by atoms with Gasteiger partial charge in [0.25, 0.3) is 0 Å². The van der Waals surface area contributed by atoms with Crippen LogP contribution in [0.15, 0.2) is 18.2 Å². The number of rotatable bonds is 0. The fourth-order valence-corrected chi connectivity index (χ4v) is 1.40. The molecule has 0 aromatic heterocycles. The molecule has 1 aromatic rings. The Kier molecular flexibility index (Phi) is 1.77. The quantitative estimate of drug-likeness (QED) is 0.454. The number of hydrogen-bond donors (Lipinski definition) is 0. The maximum Gasteiger partial charge on any atom is 0.311 e. The van der Waals surface area contributed by atoms with Crippen LogP contribution in [0.25, 0.3) is 0 Å². The summed E-state index contributed by atoms with van der Waals surface area (Å²) in [6.45, 7) is 0. The van der Waals surface area contributed by atoms with E-state index in [1.165, 1.54) is 0 Å². The molecule has 0 saturated heterocycles. The summed E-state index contributed by atoms with van der Waals surface area (Å²) < 4.78 is 4.99. The smallest absolute Gasteiger partial charge is 0.311 e. The lowest BCUT2D eigenvalue weighted by Crippen LogP contribution is -2.15. The van der Waals surface area contributed by atoms with Crippen LogP contribution in [0.5, 0.6) is 5.75 Å². The normalized spacial score (nSPS) is 15.2. The molecule has 0 atom stereocenters. The number of carbonyl (C=O) groups is 1. The lowest BCUT2D eigenvalue weighted by Gasteiger charge is -2.14. The van der Waals surface area contributed by atoms with Crippen LogP contribution in [0.4, 0.5) is 0 Å². The first kappa shape index (κ1) is 7.62. The number of benzene rings is 1. The van der Waals surface area contributed by atoms with Crippen LogP contribution in [-0.2, 0) is 11.2 Å². The summed E-state index contributed by atoms with van der Waals surface area (Å²) in [5.74, 6) is 0.434. The molecular weight excluding hydrogens is 176 g/mol. The third-order valence-corrected chi connectivity index (χ3v) is 2.09. The van der Waals surface area contributed by atoms with Crippen molar-refractivity contribution in [2.75, 3.05) is 0 Å². The Morgan fingerprint density at radius 3 is 3.00 bits per heavy atom. The minimum absolute atomic E-state index is 0.176. The van der Waals surface area contributed by atoms with E-state index in [1.807, 2.05) is 6.07 Å². The number of aryl methyl sites for hydroxylation is 1. The van der Waals surface area contributed by atoms with Gasteiger partial charge in [0, 0.05) is 5.02 Å². The maximum atomic E-state index is 10.9. The Morgan fingerprint density at radius 1 is 1.33 bits per heavy atom. The van der Waals surface area contributed by atoms with Gasteiger partial charge < -0.3 is 4.74 Å². The van der Waals surface area contributed by atoms with Crippen molar-refractivity contribution in [3.63, 3.8) is 0 Å². The Hall–Kier alpha value is -1.02. The average molecular weight is 183 g/mol. The average Bonchev–Trinajstić information content (AvgIpc) is 2.03. The molecule has 0 unspecified atom stereocenters. The highest BCUT2D eigenvalue weighted by Gasteiger charge is 2.16. The Balaban J connectivity index is 2.44. The van der Waals surface area contributed by atoms with E-state index in [0.29, 0.717) is 17.2 Å². The zero-order chi connectivity index (χ0) is 8.55. The van der Waals surface area contributed by atoms with Crippen molar-refractivity contribution in [2.24, 2.45) is 0 Å². The van der Waals surface area contributed by atoms with E-state index in [9.17, 15) is 4.79 Å². The Bertz CT molecular complexity index is 333. The van der Waals surface area contributed by atoms with E-state index in [2.05, 4.69) is 0 Å². The van der Waals surface area contributed by atoms with Gasteiger partial charge >= 0.3 is 5.97 Å². The number of ether oxygens (including phenoxy) is 1. The zero-order valence-electron chi connectivity index (χ0n) is 6.34. The van der Waals surface area contributed by atoms with Crippen LogP contribution in [-0.4, -0.2) is 5.97 Å². The summed E-state index contributed by atoms with van der Waals surface area (Å²) in [5, 5.41) is 0.600. The second-order valence-electron chi connectivity index (χ2n) is 2.73. The number of esters is 1. The van der Waals surface area contributed by atoms with Crippen molar-refractivity contribution in [3.05, 3.63) is 28.8 Å². The first-order valence-corrected chi connectivity index (χ1v) is 4.12. The predicted octanol–water partition coefficient (Wildman–Crippen LogP) is 2.19. The Morgan fingerprint density at radius 2 is 2.17 bits per heavy atom. The van der Waals surface area contributed by atoms with E-state index >= 15 is 0 Å². The lowest BCUT2D eigenvalue weighted by molar-refractivity contribution is -0.135. The summed E-state index contributed by atoms with van der Waals surface area (Å²) in [6, 6.07) is 5.37. The standard InChI is InChI=1S/C9H7ClO2/c10-7-3-1-6-2-4-9(11)12-8(6)5-7/h1,3,5H,2,4H2. The van der Waals surface area contributed by atoms with Gasteiger partial charge in [-0.1, -0.05) is 17.7 Å². The van der Waals surface area contributed by atoms with Crippen LogP contribution in [0, 0.1) is 0 Å². The van der Waals surface area contributed by atoms with Crippen molar-refractivity contribution in [3.8, 4) is 5.75 Å². The third-order valence-electron chi connectivity index (χ3n) is 1.85. The molecule has 0 spiro atoms. The lowest BCUT2D eigenvalue weighted by atomic mass is 10.1. The summed E-state index contributed by atoms with van der Waals surface area (Å²) in [7, 11) is 0. The van der Waals surface area contributed by atoms with Gasteiger partial charge in [0.15, 0.2) is 0 Å². The highest BCUT2D eigenvalue weighted by atomic mass is 35.5. The first-order chi connectivity index (χ1) is 5.75. The van der Waals surface area contributed by atoms with E-state index in [4.69, 9.17) is 16.3 Å². The van der Waals surface area contributed by atoms with E-state index in [0.717, 1.165) is 12.0 Å². The molecular formula is C9H7ClO2. The van der Waals surface area contributed by atoms with Gasteiger partial charge in [-0.05, 0) is 24.1 Å². The fraction of sp³-hybridized carbons (Fsp3) is 0.222. The molecule has 1 aliphatic heterocycles. The van der Waals surface area contributed by atoms with Gasteiger partial charge in [-0.25, -0.2) is 0 Å². The molecule has 3 heteroatoms. The first-order valence-electron chi connectivity index (χ1n) is 3.75. The van der Waals surface area contributed by atoms with E-state index in [-0.39, 0.29) is 5.97 Å². The molecule has 0 N–H and O–H groups in total. The SMILES string of the molecule is O=C1CCc2ccc(Cl)cc2O1. The molecule has 2 rings (SSSR count). The van der Waals surface area contributed by atoms with Crippen LogP contribution >= 0.6 is 11.6 Å². The second kappa shape index (κ2) is 2.79. The van der Waals surface area contributed by atoms with Crippen LogP contribution < -0.4 is 4.74 Å². The zero-order valence-corrected chi connectivity index (χ0v) is 7.10. The van der Waals surface area contributed by atoms with Crippen LogP contribution in [0.2, 0.25) is 5.02 Å². The van der Waals surface area contributed by atoms with Gasteiger partial charge in [-0.15, -0.1) is 0 Å². The number of hydrogen-bond acceptors (Lipinski definition) is 2. The molecule has 0 bridgehead atoms. The molecule has 0 fully saturated rings. The summed E-state index contributed by atoms with van der Waals surface area (Å²) >= 11 is 5.73. The molecule has 0 radical (unpaired) electrons. The maximum absolute atomic E-state index is 10.9. The van der Waals surface area contributed by atoms with Crippen LogP contribution in [0.3, 0.4) is 0 Å². The monoisotopic (exact) mass is 182 g/mol. The fourth-order valence-electron chi connectivity index (χ4n) is 1.24. The predicted molar refractivity (Wildman–Crippen MR) is 45.4 cm³/mol. The number of carbonyl (C=O) groups excluding carboxylic acids is 1. The van der Waals surface area contributed by atoms with Gasteiger partial charge in [-0.2, -0.15) is 0 Å². The molecule has 1 heterocycles. The van der Waals surface area contributed by atoms with E-state index < -0.39 is 0 Å². The molecule has 62 valence electrons. The largest absolute Gasteiger partial charge is 0.426 e. The van der Waals surface area contributed by atoms with Crippen molar-refractivity contribution in [1.82, 2.24) is 0 Å². The molecule has 1 aromatic carbocycles. The van der Waals surface area contributed by atoms with Gasteiger partial charge in [0.1, 0.15) is 5.75 Å². The van der Waals surface area contributed by atoms with Gasteiger partial charge in [-0.3, -0.25) is 4.79 Å². The Labute approximate surface area is 75.1 Å². The third kappa shape index (κ3) is 1.30. The molecule has 2 nitrogen and oxygen atoms in total. The van der Waals surface area contributed by atoms with Crippen LogP contribution in [0.1, 0.15) is 12.0 Å². The molecule has 0 amide bonds. The minimum atomic E-state index is -0.176. The highest BCUT2D eigenvalue weighted by molar-refractivity contribution is 6.30. The van der Waals surface area contributed by atoms with Crippen molar-refractivity contribution in [1.29, 1.82) is 0 Å². The summed E-state index contributed by atoms with van der Waals surface area (Å²) in [6.07, 6.45) is 1.22. The van der Waals surface area contributed by atoms with Crippen molar-refractivity contribution < 1.29 is 9.53 Å².